The highest BCUT2D eigenvalue weighted by Crippen LogP contribution is 2.37. The maximum absolute atomic E-state index is 12.6. The molecule has 0 N–H and O–H groups in total. The predicted molar refractivity (Wildman–Crippen MR) is 180 cm³/mol. The zero-order valence-electron chi connectivity index (χ0n) is 27.1. The molecular weight excluding hydrogens is 562 g/mol. The molecule has 1 amide bonds. The molecule has 3 aliphatic rings. The third kappa shape index (κ3) is 6.48. The lowest BCUT2D eigenvalue weighted by atomic mass is 9.99. The van der Waals surface area contributed by atoms with E-state index in [1.807, 2.05) is 0 Å². The minimum absolute atomic E-state index is 0.0839. The second kappa shape index (κ2) is 13.1. The summed E-state index contributed by atoms with van der Waals surface area (Å²) in [4.78, 5) is 35.2. The number of rotatable bonds is 10. The third-order valence-corrected chi connectivity index (χ3v) is 9.85. The second-order valence-electron chi connectivity index (χ2n) is 13.0. The lowest BCUT2D eigenvalue weighted by molar-refractivity contribution is -0.128. The molecule has 0 spiro atoms. The summed E-state index contributed by atoms with van der Waals surface area (Å²) in [6.45, 7) is 22.0. The zero-order valence-corrected chi connectivity index (χ0v) is 27.1. The Bertz CT molecular complexity index is 1610. The van der Waals surface area contributed by atoms with Gasteiger partial charge in [-0.2, -0.15) is 9.97 Å². The van der Waals surface area contributed by atoms with Crippen LogP contribution in [0.2, 0.25) is 0 Å². The Morgan fingerprint density at radius 1 is 1.16 bits per heavy atom. The van der Waals surface area contributed by atoms with Gasteiger partial charge in [-0.05, 0) is 76.1 Å². The number of aryl methyl sites for hydroxylation is 1. The Kier molecular flexibility index (Phi) is 8.95. The molecule has 0 bridgehead atoms. The highest BCUT2D eigenvalue weighted by molar-refractivity contribution is 5.97. The molecule has 2 aliphatic heterocycles. The largest absolute Gasteiger partial charge is 0.459 e. The number of nitrogens with zero attached hydrogens (tertiary/aromatic N) is 7. The predicted octanol–water partition coefficient (Wildman–Crippen LogP) is 5.12. The normalized spacial score (nSPS) is 19.6. The van der Waals surface area contributed by atoms with Crippen LogP contribution in [0.25, 0.3) is 15.6 Å². The van der Waals surface area contributed by atoms with Gasteiger partial charge < -0.3 is 24.3 Å². The number of hydrogen-bond donors (Lipinski definition) is 0. The molecule has 45 heavy (non-hydrogen) atoms. The molecule has 9 heteroatoms. The lowest BCUT2D eigenvalue weighted by Crippen LogP contribution is -2.56. The first kappa shape index (κ1) is 30.8. The van der Waals surface area contributed by atoms with Crippen LogP contribution in [0.4, 0.5) is 11.5 Å². The van der Waals surface area contributed by atoms with E-state index >= 15 is 0 Å². The standard InChI is InChI=1S/C36H45N7O2/c1-7-33(44)43-19-18-42(22-29(43)20-37-5)35-30-16-17-41(32-13-9-12-28-11-8-10-24(2)34(28)32)23-31(30)38-36(39-35)45-25(3)21-40(6)26(4)27-14-15-27/h7-13,25-27,29H,1,14-23H2,2-4,6H3/t25-,26+,29-/m0/s1. The Morgan fingerprint density at radius 3 is 2.67 bits per heavy atom. The molecule has 3 heterocycles. The average molecular weight is 608 g/mol. The van der Waals surface area contributed by atoms with E-state index in [-0.39, 0.29) is 24.6 Å². The second-order valence-corrected chi connectivity index (χ2v) is 13.0. The van der Waals surface area contributed by atoms with Gasteiger partial charge in [0.1, 0.15) is 18.0 Å². The van der Waals surface area contributed by atoms with E-state index in [0.29, 0.717) is 38.2 Å². The van der Waals surface area contributed by atoms with Crippen molar-refractivity contribution in [3.8, 4) is 6.01 Å². The molecule has 1 saturated carbocycles. The molecule has 1 aromatic heterocycles. The van der Waals surface area contributed by atoms with Crippen molar-refractivity contribution in [3.05, 3.63) is 77.3 Å². The summed E-state index contributed by atoms with van der Waals surface area (Å²) in [5, 5.41) is 2.52. The molecule has 6 rings (SSSR count). The Labute approximate surface area is 267 Å². The van der Waals surface area contributed by atoms with Crippen LogP contribution in [0.3, 0.4) is 0 Å². The van der Waals surface area contributed by atoms with Gasteiger partial charge in [0, 0.05) is 55.4 Å². The molecule has 0 radical (unpaired) electrons. The maximum atomic E-state index is 12.6. The molecule has 236 valence electrons. The molecule has 0 unspecified atom stereocenters. The van der Waals surface area contributed by atoms with Crippen LogP contribution in [0, 0.1) is 19.4 Å². The van der Waals surface area contributed by atoms with Crippen LogP contribution in [0.15, 0.2) is 49.1 Å². The number of aromatic nitrogens is 2. The smallest absolute Gasteiger partial charge is 0.318 e. The number of ether oxygens (including phenoxy) is 1. The molecule has 1 aliphatic carbocycles. The minimum atomic E-state index is -0.230. The Balaban J connectivity index is 1.32. The van der Waals surface area contributed by atoms with Crippen LogP contribution in [-0.4, -0.2) is 90.2 Å². The van der Waals surface area contributed by atoms with Crippen LogP contribution < -0.4 is 14.5 Å². The third-order valence-electron chi connectivity index (χ3n) is 9.85. The monoisotopic (exact) mass is 607 g/mol. The Morgan fingerprint density at radius 2 is 1.93 bits per heavy atom. The summed E-state index contributed by atoms with van der Waals surface area (Å²) < 4.78 is 6.48. The van der Waals surface area contributed by atoms with Crippen molar-refractivity contribution < 1.29 is 9.53 Å². The first-order valence-corrected chi connectivity index (χ1v) is 16.3. The van der Waals surface area contributed by atoms with Crippen LogP contribution in [-0.2, 0) is 17.8 Å². The number of likely N-dealkylation sites (N-methyl/N-ethyl adjacent to an activating group) is 1. The number of carbonyl (C=O) groups excluding carboxylic acids is 1. The summed E-state index contributed by atoms with van der Waals surface area (Å²) in [7, 11) is 2.17. The number of hydrogen-bond acceptors (Lipinski definition) is 7. The van der Waals surface area contributed by atoms with E-state index in [1.165, 1.54) is 40.9 Å². The highest BCUT2D eigenvalue weighted by atomic mass is 16.5. The molecule has 3 atom stereocenters. The summed E-state index contributed by atoms with van der Waals surface area (Å²) in [6.07, 6.45) is 4.68. The average Bonchev–Trinajstić information content (AvgIpc) is 3.89. The van der Waals surface area contributed by atoms with Gasteiger partial charge in [0.25, 0.3) is 0 Å². The molecular formula is C36H45N7O2. The molecule has 2 fully saturated rings. The quantitative estimate of drug-likeness (QED) is 0.234. The van der Waals surface area contributed by atoms with Crippen molar-refractivity contribution in [3.63, 3.8) is 0 Å². The summed E-state index contributed by atoms with van der Waals surface area (Å²) in [5.41, 5.74) is 4.59. The number of fused-ring (bicyclic) bond motifs is 2. The first-order chi connectivity index (χ1) is 21.8. The van der Waals surface area contributed by atoms with Crippen molar-refractivity contribution >= 4 is 28.2 Å². The van der Waals surface area contributed by atoms with Crippen LogP contribution in [0.5, 0.6) is 6.01 Å². The number of amides is 1. The van der Waals surface area contributed by atoms with E-state index in [2.05, 4.69) is 90.3 Å². The van der Waals surface area contributed by atoms with E-state index in [9.17, 15) is 4.79 Å². The fourth-order valence-corrected chi connectivity index (χ4v) is 7.12. The van der Waals surface area contributed by atoms with Crippen molar-refractivity contribution in [1.82, 2.24) is 19.8 Å². The van der Waals surface area contributed by atoms with E-state index in [1.54, 1.807) is 4.90 Å². The number of anilines is 2. The summed E-state index contributed by atoms with van der Waals surface area (Å²) in [6, 6.07) is 13.7. The number of piperazine rings is 1. The van der Waals surface area contributed by atoms with Gasteiger partial charge >= 0.3 is 6.01 Å². The van der Waals surface area contributed by atoms with Gasteiger partial charge in [-0.3, -0.25) is 9.69 Å². The number of benzene rings is 2. The topological polar surface area (TPSA) is 69.4 Å². The van der Waals surface area contributed by atoms with Gasteiger partial charge in [0.05, 0.1) is 12.2 Å². The van der Waals surface area contributed by atoms with Gasteiger partial charge in [0.15, 0.2) is 0 Å². The zero-order chi connectivity index (χ0) is 31.7. The van der Waals surface area contributed by atoms with Crippen molar-refractivity contribution in [1.29, 1.82) is 0 Å². The van der Waals surface area contributed by atoms with E-state index in [4.69, 9.17) is 21.3 Å². The fourth-order valence-electron chi connectivity index (χ4n) is 7.12. The van der Waals surface area contributed by atoms with Crippen molar-refractivity contribution in [2.24, 2.45) is 5.92 Å². The molecule has 2 aromatic carbocycles. The van der Waals surface area contributed by atoms with E-state index < -0.39 is 0 Å². The van der Waals surface area contributed by atoms with Gasteiger partial charge in [-0.1, -0.05) is 36.9 Å². The summed E-state index contributed by atoms with van der Waals surface area (Å²) >= 11 is 0. The van der Waals surface area contributed by atoms with Crippen molar-refractivity contribution in [2.45, 2.75) is 64.8 Å². The van der Waals surface area contributed by atoms with Crippen LogP contribution >= 0.6 is 0 Å². The minimum Gasteiger partial charge on any atom is -0.459 e. The number of carbonyl (C=O) groups is 1. The summed E-state index contributed by atoms with van der Waals surface area (Å²) in [5.74, 6) is 1.53. The lowest BCUT2D eigenvalue weighted by Gasteiger charge is -2.41. The molecule has 9 nitrogen and oxygen atoms in total. The first-order valence-electron chi connectivity index (χ1n) is 16.3. The fraction of sp³-hybridized carbons (Fsp3) is 0.500. The van der Waals surface area contributed by atoms with Gasteiger partial charge in [0.2, 0.25) is 12.5 Å². The highest BCUT2D eigenvalue weighted by Gasteiger charge is 2.35. The van der Waals surface area contributed by atoms with Crippen LogP contribution in [0.1, 0.15) is 43.5 Å². The molecule has 1 saturated heterocycles. The van der Waals surface area contributed by atoms with Gasteiger partial charge in [-0.25, -0.2) is 6.57 Å². The Hall–Kier alpha value is -4.16. The van der Waals surface area contributed by atoms with Gasteiger partial charge in [-0.15, -0.1) is 0 Å². The van der Waals surface area contributed by atoms with Crippen molar-refractivity contribution in [2.75, 3.05) is 56.1 Å². The maximum Gasteiger partial charge on any atom is 0.318 e. The van der Waals surface area contributed by atoms with E-state index in [0.717, 1.165) is 42.5 Å². The SMILES string of the molecule is [C-]#[N+]C[C@H]1CN(c2nc(O[C@@H](C)CN(C)[C@H](C)C3CC3)nc3c2CCN(c2cccc4cccc(C)c24)C3)CCN1C(=O)C=C. The molecule has 3 aromatic rings.